The maximum absolute atomic E-state index is 10.3. The van der Waals surface area contributed by atoms with E-state index in [0.717, 1.165) is 15.6 Å². The Balaban J connectivity index is 2.19. The summed E-state index contributed by atoms with van der Waals surface area (Å²) in [5, 5.41) is 10.3. The smallest absolute Gasteiger partial charge is 0.0841 e. The third-order valence-corrected chi connectivity index (χ3v) is 3.71. The van der Waals surface area contributed by atoms with Gasteiger partial charge in [0.2, 0.25) is 0 Å². The average Bonchev–Trinajstić information content (AvgIpc) is 2.28. The summed E-state index contributed by atoms with van der Waals surface area (Å²) in [4.78, 5) is 0. The molecule has 1 N–H and O–H groups in total. The van der Waals surface area contributed by atoms with Gasteiger partial charge in [0.25, 0.3) is 0 Å². The second kappa shape index (κ2) is 5.68. The van der Waals surface area contributed by atoms with E-state index in [1.165, 1.54) is 11.1 Å². The van der Waals surface area contributed by atoms with Gasteiger partial charge in [-0.15, -0.1) is 0 Å². The van der Waals surface area contributed by atoms with Crippen molar-refractivity contribution >= 4 is 15.9 Å². The van der Waals surface area contributed by atoms with Crippen molar-refractivity contribution in [1.29, 1.82) is 0 Å². The maximum atomic E-state index is 10.3. The van der Waals surface area contributed by atoms with E-state index in [4.69, 9.17) is 0 Å². The lowest BCUT2D eigenvalue weighted by molar-refractivity contribution is 0.177. The van der Waals surface area contributed by atoms with E-state index in [1.54, 1.807) is 0 Å². The number of benzene rings is 2. The summed E-state index contributed by atoms with van der Waals surface area (Å²) in [7, 11) is 0. The minimum atomic E-state index is -0.471. The van der Waals surface area contributed by atoms with E-state index in [9.17, 15) is 5.11 Å². The van der Waals surface area contributed by atoms with Gasteiger partial charge in [-0.1, -0.05) is 57.9 Å². The summed E-state index contributed by atoms with van der Waals surface area (Å²) < 4.78 is 0.975. The molecular weight excluding hydrogens is 288 g/mol. The van der Waals surface area contributed by atoms with E-state index >= 15 is 0 Å². The van der Waals surface area contributed by atoms with Gasteiger partial charge in [-0.25, -0.2) is 0 Å². The lowest BCUT2D eigenvalue weighted by Crippen LogP contribution is -2.03. The Bertz CT molecular complexity index is 549. The highest BCUT2D eigenvalue weighted by atomic mass is 79.9. The van der Waals surface area contributed by atoms with Crippen LogP contribution >= 0.6 is 15.9 Å². The molecule has 2 heteroatoms. The molecule has 94 valence electrons. The van der Waals surface area contributed by atoms with E-state index in [2.05, 4.69) is 41.1 Å². The first kappa shape index (κ1) is 13.3. The fraction of sp³-hybridized carbons (Fsp3) is 0.250. The van der Waals surface area contributed by atoms with Crippen LogP contribution in [0.4, 0.5) is 0 Å². The third kappa shape index (κ3) is 3.21. The van der Waals surface area contributed by atoms with E-state index < -0.39 is 6.10 Å². The minimum Gasteiger partial charge on any atom is -0.388 e. The Morgan fingerprint density at radius 1 is 1.06 bits per heavy atom. The number of aliphatic hydroxyl groups excluding tert-OH is 1. The highest BCUT2D eigenvalue weighted by molar-refractivity contribution is 9.10. The number of halogens is 1. The number of hydrogen-bond acceptors (Lipinski definition) is 1. The molecule has 0 saturated heterocycles. The molecule has 2 aromatic carbocycles. The molecule has 0 amide bonds. The topological polar surface area (TPSA) is 20.2 Å². The van der Waals surface area contributed by atoms with Crippen LogP contribution in [0.3, 0.4) is 0 Å². The molecule has 0 saturated carbocycles. The van der Waals surface area contributed by atoms with Crippen molar-refractivity contribution < 1.29 is 5.11 Å². The van der Waals surface area contributed by atoms with Crippen molar-refractivity contribution in [1.82, 2.24) is 0 Å². The van der Waals surface area contributed by atoms with E-state index in [1.807, 2.05) is 31.2 Å². The first-order valence-electron chi connectivity index (χ1n) is 6.06. The van der Waals surface area contributed by atoms with Crippen LogP contribution < -0.4 is 0 Å². The molecule has 0 aromatic heterocycles. The number of aryl methyl sites for hydroxylation is 2. The molecule has 1 nitrogen and oxygen atoms in total. The lowest BCUT2D eigenvalue weighted by Gasteiger charge is -2.14. The highest BCUT2D eigenvalue weighted by Crippen LogP contribution is 2.27. The summed E-state index contributed by atoms with van der Waals surface area (Å²) in [6.07, 6.45) is 0.172. The van der Waals surface area contributed by atoms with E-state index in [-0.39, 0.29) is 0 Å². The molecule has 1 atom stereocenters. The quantitative estimate of drug-likeness (QED) is 0.894. The fourth-order valence-corrected chi connectivity index (χ4v) is 2.83. The van der Waals surface area contributed by atoms with Crippen molar-refractivity contribution in [3.63, 3.8) is 0 Å². The third-order valence-electron chi connectivity index (χ3n) is 3.03. The molecule has 0 radical (unpaired) electrons. The fourth-order valence-electron chi connectivity index (χ4n) is 2.07. The zero-order valence-electron chi connectivity index (χ0n) is 10.7. The first-order valence-corrected chi connectivity index (χ1v) is 6.85. The summed E-state index contributed by atoms with van der Waals surface area (Å²) in [6, 6.07) is 14.3. The Labute approximate surface area is 117 Å². The van der Waals surface area contributed by atoms with Gasteiger partial charge in [0.15, 0.2) is 0 Å². The van der Waals surface area contributed by atoms with Crippen molar-refractivity contribution in [3.05, 3.63) is 69.2 Å². The van der Waals surface area contributed by atoms with Crippen molar-refractivity contribution in [3.8, 4) is 0 Å². The molecule has 2 rings (SSSR count). The van der Waals surface area contributed by atoms with Gasteiger partial charge < -0.3 is 5.11 Å². The molecule has 0 aliphatic heterocycles. The van der Waals surface area contributed by atoms with E-state index in [0.29, 0.717) is 6.42 Å². The maximum Gasteiger partial charge on any atom is 0.0841 e. The highest BCUT2D eigenvalue weighted by Gasteiger charge is 2.12. The van der Waals surface area contributed by atoms with Crippen LogP contribution in [0.25, 0.3) is 0 Å². The second-order valence-electron chi connectivity index (χ2n) is 4.73. The number of hydrogen-bond donors (Lipinski definition) is 1. The molecule has 2 aromatic rings. The Kier molecular flexibility index (Phi) is 4.20. The minimum absolute atomic E-state index is 0.471. The lowest BCUT2D eigenvalue weighted by atomic mass is 9.99. The van der Waals surface area contributed by atoms with Crippen molar-refractivity contribution in [2.75, 3.05) is 0 Å². The van der Waals surface area contributed by atoms with Crippen LogP contribution in [0.2, 0.25) is 0 Å². The van der Waals surface area contributed by atoms with Gasteiger partial charge in [0, 0.05) is 10.9 Å². The van der Waals surface area contributed by atoms with Gasteiger partial charge in [-0.05, 0) is 36.6 Å². The zero-order chi connectivity index (χ0) is 13.1. The Hall–Kier alpha value is -1.12. The number of rotatable bonds is 3. The molecular formula is C16H17BrO. The molecule has 0 bridgehead atoms. The van der Waals surface area contributed by atoms with Crippen LogP contribution in [0.5, 0.6) is 0 Å². The normalized spacial score (nSPS) is 12.4. The molecule has 0 aliphatic rings. The summed E-state index contributed by atoms with van der Waals surface area (Å²) >= 11 is 3.52. The number of aliphatic hydroxyl groups is 1. The summed E-state index contributed by atoms with van der Waals surface area (Å²) in [6.45, 7) is 4.11. The van der Waals surface area contributed by atoms with Gasteiger partial charge in [0.1, 0.15) is 0 Å². The Morgan fingerprint density at radius 2 is 1.78 bits per heavy atom. The summed E-state index contributed by atoms with van der Waals surface area (Å²) in [5.74, 6) is 0. The molecule has 0 heterocycles. The van der Waals surface area contributed by atoms with Crippen LogP contribution in [0, 0.1) is 13.8 Å². The van der Waals surface area contributed by atoms with Crippen LogP contribution in [0.1, 0.15) is 28.4 Å². The summed E-state index contributed by atoms with van der Waals surface area (Å²) in [5.41, 5.74) is 4.52. The van der Waals surface area contributed by atoms with Crippen LogP contribution in [0.15, 0.2) is 46.9 Å². The van der Waals surface area contributed by atoms with Gasteiger partial charge in [0.05, 0.1) is 6.10 Å². The molecule has 18 heavy (non-hydrogen) atoms. The van der Waals surface area contributed by atoms with Crippen LogP contribution in [-0.2, 0) is 6.42 Å². The predicted molar refractivity (Wildman–Crippen MR) is 78.7 cm³/mol. The first-order chi connectivity index (χ1) is 8.56. The second-order valence-corrected chi connectivity index (χ2v) is 5.59. The van der Waals surface area contributed by atoms with Gasteiger partial charge in [-0.2, -0.15) is 0 Å². The SMILES string of the molecule is Cc1cccc(CC(O)c2ccc(C)cc2Br)c1. The van der Waals surface area contributed by atoms with Gasteiger partial charge in [-0.3, -0.25) is 0 Å². The van der Waals surface area contributed by atoms with Gasteiger partial charge >= 0.3 is 0 Å². The Morgan fingerprint density at radius 3 is 2.44 bits per heavy atom. The standard InChI is InChI=1S/C16H17BrO/c1-11-4-3-5-13(8-11)10-16(18)14-7-6-12(2)9-15(14)17/h3-9,16,18H,10H2,1-2H3. The molecule has 1 unspecified atom stereocenters. The molecule has 0 fully saturated rings. The molecule has 0 spiro atoms. The van der Waals surface area contributed by atoms with Crippen LogP contribution in [-0.4, -0.2) is 5.11 Å². The monoisotopic (exact) mass is 304 g/mol. The van der Waals surface area contributed by atoms with Crippen molar-refractivity contribution in [2.24, 2.45) is 0 Å². The van der Waals surface area contributed by atoms with Crippen molar-refractivity contribution in [2.45, 2.75) is 26.4 Å². The average molecular weight is 305 g/mol. The predicted octanol–water partition coefficient (Wildman–Crippen LogP) is 4.34. The zero-order valence-corrected chi connectivity index (χ0v) is 12.2. The molecule has 0 aliphatic carbocycles. The largest absolute Gasteiger partial charge is 0.388 e.